The van der Waals surface area contributed by atoms with E-state index in [0.29, 0.717) is 16.4 Å². The minimum absolute atomic E-state index is 0.226. The summed E-state index contributed by atoms with van der Waals surface area (Å²) < 4.78 is 6.14. The lowest BCUT2D eigenvalue weighted by Crippen LogP contribution is -2.33. The largest absolute Gasteiger partial charge is 0.451 e. The van der Waals surface area contributed by atoms with Gasteiger partial charge in [-0.25, -0.2) is 4.79 Å². The standard InChI is InChI=1S/C19H14ClNO3S/c20-17-13-6-2-4-8-15(13)25-18(17)19(23)24-11-16(22)21-10-9-12-5-1-3-7-14(12)21/h1-8H,9-11H2. The van der Waals surface area contributed by atoms with Crippen molar-refractivity contribution in [3.8, 4) is 0 Å². The first kappa shape index (κ1) is 16.1. The minimum atomic E-state index is -0.563. The van der Waals surface area contributed by atoms with Crippen molar-refractivity contribution in [3.63, 3.8) is 0 Å². The number of ether oxygens (including phenoxy) is 1. The molecule has 0 aliphatic carbocycles. The van der Waals surface area contributed by atoms with Crippen molar-refractivity contribution < 1.29 is 14.3 Å². The third-order valence-electron chi connectivity index (χ3n) is 4.24. The smallest absolute Gasteiger partial charge is 0.350 e. The van der Waals surface area contributed by atoms with Crippen LogP contribution >= 0.6 is 22.9 Å². The zero-order chi connectivity index (χ0) is 17.4. The molecule has 1 amide bonds. The Hall–Kier alpha value is -2.37. The lowest BCUT2D eigenvalue weighted by molar-refractivity contribution is -0.121. The number of rotatable bonds is 3. The fraction of sp³-hybridized carbons (Fsp3) is 0.158. The number of hydrogen-bond acceptors (Lipinski definition) is 4. The van der Waals surface area contributed by atoms with E-state index in [0.717, 1.165) is 27.8 Å². The van der Waals surface area contributed by atoms with Gasteiger partial charge in [0, 0.05) is 22.3 Å². The number of carbonyl (C=O) groups excluding carboxylic acids is 2. The fourth-order valence-corrected chi connectivity index (χ4v) is 4.42. The molecule has 6 heteroatoms. The van der Waals surface area contributed by atoms with Gasteiger partial charge >= 0.3 is 5.97 Å². The second kappa shape index (κ2) is 6.50. The van der Waals surface area contributed by atoms with Gasteiger partial charge in [0.2, 0.25) is 0 Å². The molecule has 0 N–H and O–H groups in total. The summed E-state index contributed by atoms with van der Waals surface area (Å²) in [5, 5.41) is 1.20. The van der Waals surface area contributed by atoms with Gasteiger partial charge in [0.05, 0.1) is 5.02 Å². The summed E-state index contributed by atoms with van der Waals surface area (Å²) in [5.41, 5.74) is 2.03. The van der Waals surface area contributed by atoms with Crippen LogP contribution in [0.3, 0.4) is 0 Å². The molecule has 25 heavy (non-hydrogen) atoms. The van der Waals surface area contributed by atoms with Crippen LogP contribution in [-0.2, 0) is 16.0 Å². The highest BCUT2D eigenvalue weighted by Gasteiger charge is 2.26. The lowest BCUT2D eigenvalue weighted by Gasteiger charge is -2.17. The highest BCUT2D eigenvalue weighted by molar-refractivity contribution is 7.21. The molecule has 4 nitrogen and oxygen atoms in total. The van der Waals surface area contributed by atoms with Crippen molar-refractivity contribution in [2.24, 2.45) is 0 Å². The molecule has 4 rings (SSSR count). The topological polar surface area (TPSA) is 46.6 Å². The Morgan fingerprint density at radius 1 is 1.12 bits per heavy atom. The normalized spacial score (nSPS) is 13.1. The maximum absolute atomic E-state index is 12.4. The average molecular weight is 372 g/mol. The van der Waals surface area contributed by atoms with Crippen molar-refractivity contribution in [2.45, 2.75) is 6.42 Å². The predicted octanol–water partition coefficient (Wildman–Crippen LogP) is 4.30. The number of fused-ring (bicyclic) bond motifs is 2. The maximum atomic E-state index is 12.4. The molecule has 0 saturated heterocycles. The Kier molecular flexibility index (Phi) is 4.19. The number of anilines is 1. The molecule has 0 saturated carbocycles. The number of halogens is 1. The van der Waals surface area contributed by atoms with E-state index in [1.165, 1.54) is 11.3 Å². The monoisotopic (exact) mass is 371 g/mol. The van der Waals surface area contributed by atoms with Crippen LogP contribution in [0.1, 0.15) is 15.2 Å². The molecular formula is C19H14ClNO3S. The van der Waals surface area contributed by atoms with Gasteiger partial charge in [-0.2, -0.15) is 0 Å². The van der Waals surface area contributed by atoms with Crippen LogP contribution in [-0.4, -0.2) is 25.0 Å². The van der Waals surface area contributed by atoms with Crippen LogP contribution in [0.15, 0.2) is 48.5 Å². The summed E-state index contributed by atoms with van der Waals surface area (Å²) in [6.45, 7) is 0.317. The molecule has 1 aliphatic rings. The molecule has 126 valence electrons. The summed E-state index contributed by atoms with van der Waals surface area (Å²) in [7, 11) is 0. The molecule has 0 spiro atoms. The van der Waals surface area contributed by atoms with Crippen molar-refractivity contribution in [1.82, 2.24) is 0 Å². The number of carbonyl (C=O) groups is 2. The molecule has 0 bridgehead atoms. The fourth-order valence-electron chi connectivity index (χ4n) is 3.01. The van der Waals surface area contributed by atoms with Gasteiger partial charge in [-0.05, 0) is 24.1 Å². The van der Waals surface area contributed by atoms with E-state index in [2.05, 4.69) is 0 Å². The Labute approximate surface area is 153 Å². The molecule has 0 radical (unpaired) electrons. The number of benzene rings is 2. The Morgan fingerprint density at radius 2 is 1.88 bits per heavy atom. The molecule has 0 fully saturated rings. The van der Waals surface area contributed by atoms with Gasteiger partial charge in [-0.1, -0.05) is 48.0 Å². The number of nitrogens with zero attached hydrogens (tertiary/aromatic N) is 1. The van der Waals surface area contributed by atoms with Crippen LogP contribution in [0.25, 0.3) is 10.1 Å². The molecule has 2 heterocycles. The summed E-state index contributed by atoms with van der Waals surface area (Å²) in [6, 6.07) is 15.3. The Bertz CT molecular complexity index is 982. The maximum Gasteiger partial charge on any atom is 0.350 e. The van der Waals surface area contributed by atoms with Crippen LogP contribution in [0.2, 0.25) is 5.02 Å². The first-order valence-corrected chi connectivity index (χ1v) is 9.07. The first-order chi connectivity index (χ1) is 12.1. The second-order valence-electron chi connectivity index (χ2n) is 5.74. The first-order valence-electron chi connectivity index (χ1n) is 7.87. The zero-order valence-electron chi connectivity index (χ0n) is 13.2. The van der Waals surface area contributed by atoms with Gasteiger partial charge in [-0.15, -0.1) is 11.3 Å². The highest BCUT2D eigenvalue weighted by Crippen LogP contribution is 2.35. The summed E-state index contributed by atoms with van der Waals surface area (Å²) in [4.78, 5) is 26.7. The number of thiophene rings is 1. The van der Waals surface area contributed by atoms with Gasteiger partial charge in [0.1, 0.15) is 4.88 Å². The molecular weight excluding hydrogens is 358 g/mol. The second-order valence-corrected chi connectivity index (χ2v) is 7.17. The quantitative estimate of drug-likeness (QED) is 0.645. The van der Waals surface area contributed by atoms with E-state index >= 15 is 0 Å². The summed E-state index contributed by atoms with van der Waals surface area (Å²) >= 11 is 7.55. The van der Waals surface area contributed by atoms with Gasteiger partial charge in [0.15, 0.2) is 6.61 Å². The van der Waals surface area contributed by atoms with Crippen LogP contribution < -0.4 is 4.90 Å². The van der Waals surface area contributed by atoms with Gasteiger partial charge in [0.25, 0.3) is 5.91 Å². The molecule has 3 aromatic rings. The van der Waals surface area contributed by atoms with Crippen molar-refractivity contribution in [3.05, 3.63) is 64.0 Å². The third-order valence-corrected chi connectivity index (χ3v) is 5.89. The van der Waals surface area contributed by atoms with E-state index in [9.17, 15) is 9.59 Å². The summed E-state index contributed by atoms with van der Waals surface area (Å²) in [6.07, 6.45) is 0.817. The van der Waals surface area contributed by atoms with Crippen LogP contribution in [0.4, 0.5) is 5.69 Å². The number of para-hydroxylation sites is 1. The van der Waals surface area contributed by atoms with Gasteiger partial charge in [-0.3, -0.25) is 4.79 Å². The van der Waals surface area contributed by atoms with Crippen molar-refractivity contribution >= 4 is 50.6 Å². The van der Waals surface area contributed by atoms with E-state index in [1.807, 2.05) is 48.5 Å². The number of hydrogen-bond donors (Lipinski definition) is 0. The lowest BCUT2D eigenvalue weighted by atomic mass is 10.2. The average Bonchev–Trinajstić information content (AvgIpc) is 3.21. The number of amides is 1. The van der Waals surface area contributed by atoms with E-state index in [1.54, 1.807) is 4.90 Å². The Balaban J connectivity index is 1.47. The molecule has 1 aromatic heterocycles. The van der Waals surface area contributed by atoms with E-state index < -0.39 is 5.97 Å². The van der Waals surface area contributed by atoms with Crippen molar-refractivity contribution in [2.75, 3.05) is 18.1 Å². The van der Waals surface area contributed by atoms with Gasteiger partial charge < -0.3 is 9.64 Å². The van der Waals surface area contributed by atoms with Crippen LogP contribution in [0, 0.1) is 0 Å². The molecule has 2 aromatic carbocycles. The summed E-state index contributed by atoms with van der Waals surface area (Å²) in [5.74, 6) is -0.789. The molecule has 1 aliphatic heterocycles. The molecule has 0 unspecified atom stereocenters. The Morgan fingerprint density at radius 3 is 2.72 bits per heavy atom. The molecule has 0 atom stereocenters. The highest BCUT2D eigenvalue weighted by atomic mass is 35.5. The van der Waals surface area contributed by atoms with E-state index in [-0.39, 0.29) is 12.5 Å². The minimum Gasteiger partial charge on any atom is -0.451 e. The zero-order valence-corrected chi connectivity index (χ0v) is 14.8. The predicted molar refractivity (Wildman–Crippen MR) is 99.6 cm³/mol. The van der Waals surface area contributed by atoms with E-state index in [4.69, 9.17) is 16.3 Å². The SMILES string of the molecule is O=C(OCC(=O)N1CCc2ccccc21)c1sc2ccccc2c1Cl. The number of esters is 1. The van der Waals surface area contributed by atoms with Crippen LogP contribution in [0.5, 0.6) is 0 Å². The third kappa shape index (κ3) is 2.90. The van der Waals surface area contributed by atoms with Crippen molar-refractivity contribution in [1.29, 1.82) is 0 Å².